The van der Waals surface area contributed by atoms with E-state index in [4.69, 9.17) is 11.6 Å². The molecule has 1 aliphatic rings. The van der Waals surface area contributed by atoms with Gasteiger partial charge < -0.3 is 9.80 Å². The van der Waals surface area contributed by atoms with Crippen molar-refractivity contribution in [2.45, 2.75) is 12.3 Å². The maximum Gasteiger partial charge on any atom is 0.240 e. The summed E-state index contributed by atoms with van der Waals surface area (Å²) >= 11 is 5.76. The summed E-state index contributed by atoms with van der Waals surface area (Å²) in [6.45, 7) is 4.87. The molecule has 0 radical (unpaired) electrons. The second-order valence-corrected chi connectivity index (χ2v) is 5.16. The van der Waals surface area contributed by atoms with Gasteiger partial charge in [0.2, 0.25) is 11.8 Å². The van der Waals surface area contributed by atoms with Crippen molar-refractivity contribution in [2.75, 3.05) is 46.8 Å². The predicted molar refractivity (Wildman–Crippen MR) is 67.0 cm³/mol. The molecule has 0 aromatic heterocycles. The summed E-state index contributed by atoms with van der Waals surface area (Å²) in [6.07, 6.45) is 0. The molecule has 17 heavy (non-hydrogen) atoms. The Balaban J connectivity index is 2.36. The third-order valence-corrected chi connectivity index (χ3v) is 3.07. The molecule has 1 heterocycles. The summed E-state index contributed by atoms with van der Waals surface area (Å²) < 4.78 is 0. The van der Waals surface area contributed by atoms with Gasteiger partial charge in [0, 0.05) is 40.3 Å². The van der Waals surface area contributed by atoms with Crippen LogP contribution in [0, 0.1) is 0 Å². The van der Waals surface area contributed by atoms with Gasteiger partial charge in [0.1, 0.15) is 5.38 Å². The van der Waals surface area contributed by atoms with Crippen molar-refractivity contribution in [3.05, 3.63) is 0 Å². The van der Waals surface area contributed by atoms with Crippen LogP contribution in [-0.2, 0) is 9.59 Å². The van der Waals surface area contributed by atoms with Gasteiger partial charge in [-0.3, -0.25) is 14.5 Å². The van der Waals surface area contributed by atoms with Gasteiger partial charge in [-0.1, -0.05) is 0 Å². The van der Waals surface area contributed by atoms with E-state index in [0.717, 1.165) is 13.1 Å². The van der Waals surface area contributed by atoms with Crippen LogP contribution >= 0.6 is 11.6 Å². The number of halogens is 1. The third-order valence-electron chi connectivity index (χ3n) is 2.88. The molecule has 1 aliphatic heterocycles. The Morgan fingerprint density at radius 3 is 2.18 bits per heavy atom. The first kappa shape index (κ1) is 14.3. The zero-order valence-corrected chi connectivity index (χ0v) is 11.4. The lowest BCUT2D eigenvalue weighted by molar-refractivity contribution is -0.133. The summed E-state index contributed by atoms with van der Waals surface area (Å²) in [5, 5.41) is -0.468. The predicted octanol–water partition coefficient (Wildman–Crippen LogP) is -0.154. The average molecular weight is 262 g/mol. The molecule has 1 saturated heterocycles. The molecule has 0 spiro atoms. The Morgan fingerprint density at radius 2 is 1.76 bits per heavy atom. The number of carbonyl (C=O) groups excluding carboxylic acids is 2. The van der Waals surface area contributed by atoms with Gasteiger partial charge in [-0.05, 0) is 6.92 Å². The van der Waals surface area contributed by atoms with Crippen LogP contribution in [0.15, 0.2) is 0 Å². The van der Waals surface area contributed by atoms with E-state index in [0.29, 0.717) is 19.6 Å². The minimum Gasteiger partial charge on any atom is -0.348 e. The molecule has 0 N–H and O–H groups in total. The number of likely N-dealkylation sites (N-methyl/N-ethyl adjacent to an activating group) is 1. The fourth-order valence-electron chi connectivity index (χ4n) is 1.71. The number of hydrogen-bond donors (Lipinski definition) is 0. The lowest BCUT2D eigenvalue weighted by atomic mass is 10.3. The molecule has 0 bridgehead atoms. The summed E-state index contributed by atoms with van der Waals surface area (Å²) in [4.78, 5) is 28.6. The van der Waals surface area contributed by atoms with E-state index in [1.807, 2.05) is 0 Å². The van der Waals surface area contributed by atoms with Crippen molar-refractivity contribution >= 4 is 23.4 Å². The van der Waals surface area contributed by atoms with Gasteiger partial charge in [-0.15, -0.1) is 11.6 Å². The molecule has 0 saturated carbocycles. The highest BCUT2D eigenvalue weighted by Crippen LogP contribution is 2.07. The molecular weight excluding hydrogens is 242 g/mol. The number of amides is 2. The number of alkyl halides is 1. The van der Waals surface area contributed by atoms with Crippen LogP contribution < -0.4 is 0 Å². The highest BCUT2D eigenvalue weighted by molar-refractivity contribution is 6.30. The topological polar surface area (TPSA) is 43.9 Å². The first-order chi connectivity index (χ1) is 7.91. The van der Waals surface area contributed by atoms with Crippen LogP contribution in [0.2, 0.25) is 0 Å². The molecule has 2 amide bonds. The summed E-state index contributed by atoms with van der Waals surface area (Å²) in [5.41, 5.74) is 0. The zero-order valence-electron chi connectivity index (χ0n) is 10.6. The van der Waals surface area contributed by atoms with E-state index in [2.05, 4.69) is 4.90 Å². The average Bonchev–Trinajstić information content (AvgIpc) is 2.28. The van der Waals surface area contributed by atoms with Crippen molar-refractivity contribution in [2.24, 2.45) is 0 Å². The molecule has 6 heteroatoms. The van der Waals surface area contributed by atoms with E-state index >= 15 is 0 Å². The lowest BCUT2D eigenvalue weighted by Crippen LogP contribution is -2.52. The Morgan fingerprint density at radius 1 is 1.24 bits per heavy atom. The van der Waals surface area contributed by atoms with Crippen LogP contribution in [-0.4, -0.2) is 78.7 Å². The van der Waals surface area contributed by atoms with E-state index in [1.165, 1.54) is 0 Å². The Hall–Kier alpha value is -0.810. The minimum absolute atomic E-state index is 0.0229. The van der Waals surface area contributed by atoms with Crippen molar-refractivity contribution in [3.63, 3.8) is 0 Å². The monoisotopic (exact) mass is 261 g/mol. The lowest BCUT2D eigenvalue weighted by Gasteiger charge is -2.35. The highest BCUT2D eigenvalue weighted by Gasteiger charge is 2.24. The standard InChI is InChI=1S/C11H20ClN3O2/c1-9(12)11(17)15-6-4-14(5-7-15)8-10(16)13(2)3/h9H,4-8H2,1-3H3. The Kier molecular flexibility index (Phi) is 5.21. The van der Waals surface area contributed by atoms with E-state index < -0.39 is 5.38 Å². The van der Waals surface area contributed by atoms with Gasteiger partial charge in [-0.2, -0.15) is 0 Å². The second-order valence-electron chi connectivity index (χ2n) is 4.51. The first-order valence-corrected chi connectivity index (χ1v) is 6.21. The van der Waals surface area contributed by atoms with Crippen molar-refractivity contribution in [1.29, 1.82) is 0 Å². The van der Waals surface area contributed by atoms with Crippen LogP contribution in [0.1, 0.15) is 6.92 Å². The first-order valence-electron chi connectivity index (χ1n) is 5.77. The number of rotatable bonds is 3. The van der Waals surface area contributed by atoms with E-state index in [1.54, 1.807) is 30.8 Å². The van der Waals surface area contributed by atoms with Crippen LogP contribution in [0.4, 0.5) is 0 Å². The molecule has 1 atom stereocenters. The number of piperazine rings is 1. The maximum atomic E-state index is 11.6. The van der Waals surface area contributed by atoms with Crippen LogP contribution in [0.5, 0.6) is 0 Å². The van der Waals surface area contributed by atoms with Gasteiger partial charge in [-0.25, -0.2) is 0 Å². The van der Waals surface area contributed by atoms with Crippen LogP contribution in [0.3, 0.4) is 0 Å². The number of hydrogen-bond acceptors (Lipinski definition) is 3. The molecule has 98 valence electrons. The van der Waals surface area contributed by atoms with Crippen molar-refractivity contribution in [1.82, 2.24) is 14.7 Å². The molecule has 1 rings (SSSR count). The smallest absolute Gasteiger partial charge is 0.240 e. The van der Waals surface area contributed by atoms with E-state index in [-0.39, 0.29) is 11.8 Å². The van der Waals surface area contributed by atoms with Gasteiger partial charge in [0.05, 0.1) is 6.54 Å². The molecular formula is C11H20ClN3O2. The molecule has 0 aromatic rings. The van der Waals surface area contributed by atoms with Gasteiger partial charge in [0.25, 0.3) is 0 Å². The fraction of sp³-hybridized carbons (Fsp3) is 0.818. The SMILES string of the molecule is CC(Cl)C(=O)N1CCN(CC(=O)N(C)C)CC1. The zero-order chi connectivity index (χ0) is 13.0. The maximum absolute atomic E-state index is 11.6. The second kappa shape index (κ2) is 6.21. The van der Waals surface area contributed by atoms with Crippen molar-refractivity contribution in [3.8, 4) is 0 Å². The summed E-state index contributed by atoms with van der Waals surface area (Å²) in [5.74, 6) is 0.0701. The minimum atomic E-state index is -0.468. The fourth-order valence-corrected chi connectivity index (χ4v) is 1.85. The van der Waals surface area contributed by atoms with Gasteiger partial charge >= 0.3 is 0 Å². The van der Waals surface area contributed by atoms with Gasteiger partial charge in [0.15, 0.2) is 0 Å². The molecule has 0 aliphatic carbocycles. The Labute approximate surface area is 107 Å². The highest BCUT2D eigenvalue weighted by atomic mass is 35.5. The van der Waals surface area contributed by atoms with Crippen molar-refractivity contribution < 1.29 is 9.59 Å². The number of nitrogens with zero attached hydrogens (tertiary/aromatic N) is 3. The normalized spacial score (nSPS) is 18.9. The molecule has 1 unspecified atom stereocenters. The molecule has 0 aromatic carbocycles. The van der Waals surface area contributed by atoms with Crippen LogP contribution in [0.25, 0.3) is 0 Å². The largest absolute Gasteiger partial charge is 0.348 e. The van der Waals surface area contributed by atoms with E-state index in [9.17, 15) is 9.59 Å². The molecule has 5 nitrogen and oxygen atoms in total. The Bertz CT molecular complexity index is 286. The summed E-state index contributed by atoms with van der Waals surface area (Å²) in [6, 6.07) is 0. The quantitative estimate of drug-likeness (QED) is 0.664. The number of carbonyl (C=O) groups is 2. The summed E-state index contributed by atoms with van der Waals surface area (Å²) in [7, 11) is 3.49. The molecule has 1 fully saturated rings. The third kappa shape index (κ3) is 4.16.